The number of fused-ring (bicyclic) bond motifs is 6. The van der Waals surface area contributed by atoms with Gasteiger partial charge in [0.25, 0.3) is 0 Å². The van der Waals surface area contributed by atoms with Crippen LogP contribution in [0.3, 0.4) is 0 Å². The number of para-hydroxylation sites is 1. The summed E-state index contributed by atoms with van der Waals surface area (Å²) in [4.78, 5) is 0. The van der Waals surface area contributed by atoms with Crippen LogP contribution in [0.5, 0.6) is 11.5 Å². The van der Waals surface area contributed by atoms with Gasteiger partial charge in [-0.15, -0.1) is 0 Å². The Morgan fingerprint density at radius 1 is 0.596 bits per heavy atom. The molecule has 0 saturated heterocycles. The third kappa shape index (κ3) is 3.90. The Morgan fingerprint density at radius 2 is 1.36 bits per heavy atom. The van der Waals surface area contributed by atoms with Crippen LogP contribution in [0, 0.1) is 6.92 Å². The van der Waals surface area contributed by atoms with Crippen LogP contribution in [0.25, 0.3) is 60.5 Å². The predicted octanol–water partition coefficient (Wildman–Crippen LogP) is 12.7. The van der Waals surface area contributed by atoms with Gasteiger partial charge in [0.2, 0.25) is 0 Å². The minimum atomic E-state index is 0.173. The van der Waals surface area contributed by atoms with E-state index in [4.69, 9.17) is 4.74 Å². The van der Waals surface area contributed by atoms with Crippen molar-refractivity contribution in [1.29, 1.82) is 0 Å². The van der Waals surface area contributed by atoms with Gasteiger partial charge in [-0.1, -0.05) is 127 Å². The van der Waals surface area contributed by atoms with Crippen LogP contribution in [0.15, 0.2) is 151 Å². The van der Waals surface area contributed by atoms with Crippen molar-refractivity contribution >= 4 is 27.1 Å². The van der Waals surface area contributed by atoms with E-state index in [0.717, 1.165) is 29.9 Å². The van der Waals surface area contributed by atoms with Crippen LogP contribution < -0.4 is 4.74 Å². The SMILES string of the molecule is Cc1cccc(-c2cc3c4c(cccc4c2)-c2ccccc2O3)c1-c1ccccc1C1C2=C(CCC=C2)c2ccc3ccccc3c21. The van der Waals surface area contributed by atoms with Crippen molar-refractivity contribution < 1.29 is 4.74 Å². The molecule has 1 atom stereocenters. The number of ether oxygens (including phenoxy) is 1. The van der Waals surface area contributed by atoms with Crippen molar-refractivity contribution in [2.45, 2.75) is 25.7 Å². The normalized spacial score (nSPS) is 15.8. The molecule has 47 heavy (non-hydrogen) atoms. The summed E-state index contributed by atoms with van der Waals surface area (Å²) in [5.41, 5.74) is 15.9. The van der Waals surface area contributed by atoms with E-state index in [1.54, 1.807) is 0 Å². The highest BCUT2D eigenvalue weighted by atomic mass is 16.5. The van der Waals surface area contributed by atoms with E-state index in [0.29, 0.717) is 0 Å². The number of rotatable bonds is 3. The maximum absolute atomic E-state index is 6.62. The standard InChI is InChI=1S/C46H32O/c1-28-12-10-21-33(31-26-30-14-11-22-37-35-17-8-9-23-41(35)47-42(27-31)44(30)37)43(28)38-19-6-7-20-39(38)46-36-18-5-4-16-34(36)40-25-24-29-13-2-3-15-32(29)45(40)46/h2-3,5-15,17-27,46H,4,16H2,1H3. The maximum Gasteiger partial charge on any atom is 0.136 e. The summed E-state index contributed by atoms with van der Waals surface area (Å²) in [6, 6.07) is 49.1. The second-order valence-corrected chi connectivity index (χ2v) is 13.1. The molecule has 1 heteroatoms. The largest absolute Gasteiger partial charge is 0.456 e. The monoisotopic (exact) mass is 600 g/mol. The third-order valence-corrected chi connectivity index (χ3v) is 10.6. The van der Waals surface area contributed by atoms with E-state index < -0.39 is 0 Å². The molecule has 1 aliphatic heterocycles. The Bertz CT molecular complexity index is 2510. The Labute approximate surface area is 275 Å². The molecule has 0 aromatic heterocycles. The molecule has 1 heterocycles. The molecule has 0 saturated carbocycles. The van der Waals surface area contributed by atoms with Gasteiger partial charge in [-0.05, 0) is 115 Å². The van der Waals surface area contributed by atoms with Gasteiger partial charge in [0.1, 0.15) is 11.5 Å². The van der Waals surface area contributed by atoms with E-state index in [9.17, 15) is 0 Å². The van der Waals surface area contributed by atoms with Gasteiger partial charge in [0.15, 0.2) is 0 Å². The van der Waals surface area contributed by atoms with Crippen molar-refractivity contribution in [2.24, 2.45) is 0 Å². The number of allylic oxidation sites excluding steroid dienone is 4. The lowest BCUT2D eigenvalue weighted by atomic mass is 9.79. The first-order valence-electron chi connectivity index (χ1n) is 16.7. The first-order valence-corrected chi connectivity index (χ1v) is 16.7. The van der Waals surface area contributed by atoms with Gasteiger partial charge in [-0.3, -0.25) is 0 Å². The molecule has 0 amide bonds. The second kappa shape index (κ2) is 10.2. The summed E-state index contributed by atoms with van der Waals surface area (Å²) >= 11 is 0. The van der Waals surface area contributed by atoms with E-state index in [1.807, 2.05) is 0 Å². The highest BCUT2D eigenvalue weighted by Gasteiger charge is 2.35. The summed E-state index contributed by atoms with van der Waals surface area (Å²) in [7, 11) is 0. The van der Waals surface area contributed by atoms with Gasteiger partial charge in [0.05, 0.1) is 0 Å². The van der Waals surface area contributed by atoms with Crippen LogP contribution in [0.2, 0.25) is 0 Å². The summed E-state index contributed by atoms with van der Waals surface area (Å²) in [6.45, 7) is 2.26. The highest BCUT2D eigenvalue weighted by Crippen LogP contribution is 2.54. The van der Waals surface area contributed by atoms with Gasteiger partial charge in [-0.25, -0.2) is 0 Å². The molecule has 0 fully saturated rings. The topological polar surface area (TPSA) is 9.23 Å². The molecular weight excluding hydrogens is 569 g/mol. The first-order chi connectivity index (χ1) is 23.2. The van der Waals surface area contributed by atoms with Crippen molar-refractivity contribution in [3.05, 3.63) is 173 Å². The second-order valence-electron chi connectivity index (χ2n) is 13.1. The Hall–Kier alpha value is -5.66. The van der Waals surface area contributed by atoms with E-state index in [1.165, 1.54) is 82.8 Å². The highest BCUT2D eigenvalue weighted by molar-refractivity contribution is 6.07. The summed E-state index contributed by atoms with van der Waals surface area (Å²) in [5, 5.41) is 5.05. The molecule has 0 N–H and O–H groups in total. The van der Waals surface area contributed by atoms with Crippen molar-refractivity contribution in [3.8, 4) is 44.9 Å². The fourth-order valence-electron chi connectivity index (χ4n) is 8.58. The smallest absolute Gasteiger partial charge is 0.136 e. The van der Waals surface area contributed by atoms with Gasteiger partial charge in [-0.2, -0.15) is 0 Å². The summed E-state index contributed by atoms with van der Waals surface area (Å²) < 4.78 is 6.62. The summed E-state index contributed by atoms with van der Waals surface area (Å²) in [6.07, 6.45) is 6.97. The van der Waals surface area contributed by atoms with Crippen LogP contribution in [-0.4, -0.2) is 0 Å². The van der Waals surface area contributed by atoms with Crippen LogP contribution in [0.4, 0.5) is 0 Å². The Kier molecular flexibility index (Phi) is 5.75. The quantitative estimate of drug-likeness (QED) is 0.196. The van der Waals surface area contributed by atoms with Crippen LogP contribution in [-0.2, 0) is 0 Å². The summed E-state index contributed by atoms with van der Waals surface area (Å²) in [5.74, 6) is 2.01. The first kappa shape index (κ1) is 26.5. The van der Waals surface area contributed by atoms with E-state index >= 15 is 0 Å². The molecule has 0 spiro atoms. The zero-order valence-corrected chi connectivity index (χ0v) is 26.3. The molecule has 222 valence electrons. The lowest BCUT2D eigenvalue weighted by Gasteiger charge is -2.25. The molecule has 2 aliphatic carbocycles. The Morgan fingerprint density at radius 3 is 2.32 bits per heavy atom. The average molecular weight is 601 g/mol. The molecule has 3 aliphatic rings. The molecule has 7 aromatic rings. The fourth-order valence-corrected chi connectivity index (χ4v) is 8.58. The zero-order valence-electron chi connectivity index (χ0n) is 26.3. The molecule has 7 aromatic carbocycles. The number of hydrogen-bond donors (Lipinski definition) is 0. The molecule has 1 nitrogen and oxygen atoms in total. The average Bonchev–Trinajstić information content (AvgIpc) is 3.46. The van der Waals surface area contributed by atoms with Gasteiger partial charge >= 0.3 is 0 Å². The van der Waals surface area contributed by atoms with E-state index in [2.05, 4.69) is 153 Å². The maximum atomic E-state index is 6.62. The third-order valence-electron chi connectivity index (χ3n) is 10.6. The number of hydrogen-bond acceptors (Lipinski definition) is 1. The molecule has 0 bridgehead atoms. The van der Waals surface area contributed by atoms with Crippen LogP contribution in [0.1, 0.15) is 41.0 Å². The van der Waals surface area contributed by atoms with E-state index in [-0.39, 0.29) is 5.92 Å². The lowest BCUT2D eigenvalue weighted by Crippen LogP contribution is -2.05. The Balaban J connectivity index is 1.21. The number of benzene rings is 7. The van der Waals surface area contributed by atoms with Crippen molar-refractivity contribution in [3.63, 3.8) is 0 Å². The van der Waals surface area contributed by atoms with Crippen molar-refractivity contribution in [2.75, 3.05) is 0 Å². The fraction of sp³-hybridized carbons (Fsp3) is 0.0870. The lowest BCUT2D eigenvalue weighted by molar-refractivity contribution is 0.487. The van der Waals surface area contributed by atoms with Crippen molar-refractivity contribution in [1.82, 2.24) is 0 Å². The molecule has 1 unspecified atom stereocenters. The molecule has 0 radical (unpaired) electrons. The minimum absolute atomic E-state index is 0.173. The zero-order chi connectivity index (χ0) is 31.1. The minimum Gasteiger partial charge on any atom is -0.456 e. The molecule has 10 rings (SSSR count). The number of aryl methyl sites for hydroxylation is 1. The molecular formula is C46H32O. The van der Waals surface area contributed by atoms with Gasteiger partial charge < -0.3 is 4.74 Å². The predicted molar refractivity (Wildman–Crippen MR) is 196 cm³/mol. The van der Waals surface area contributed by atoms with Gasteiger partial charge in [0, 0.05) is 16.9 Å². The van der Waals surface area contributed by atoms with Crippen LogP contribution >= 0.6 is 0 Å².